The van der Waals surface area contributed by atoms with Crippen molar-refractivity contribution in [2.24, 2.45) is 0 Å². The highest BCUT2D eigenvalue weighted by Gasteiger charge is 2.26. The van der Waals surface area contributed by atoms with E-state index >= 15 is 0 Å². The number of hydrogen-bond donors (Lipinski definition) is 0. The van der Waals surface area contributed by atoms with Crippen LogP contribution in [0.25, 0.3) is 10.9 Å². The van der Waals surface area contributed by atoms with E-state index in [4.69, 9.17) is 20.5 Å². The Morgan fingerprint density at radius 3 is 2.44 bits per heavy atom. The quantitative estimate of drug-likeness (QED) is 0.731. The maximum absolute atomic E-state index is 14.4. The van der Waals surface area contributed by atoms with Gasteiger partial charge in [-0.05, 0) is 39.8 Å². The van der Waals surface area contributed by atoms with Gasteiger partial charge in [-0.25, -0.2) is 13.8 Å². The molecule has 1 aromatic heterocycles. The number of carbonyl (C=O) groups is 1. The fraction of sp³-hybridized carbons (Fsp3) is 0.438. The molecule has 1 aromatic carbocycles. The van der Waals surface area contributed by atoms with Crippen LogP contribution in [0.3, 0.4) is 0 Å². The molecule has 1 unspecified atom stereocenters. The van der Waals surface area contributed by atoms with Crippen molar-refractivity contribution in [2.45, 2.75) is 39.4 Å². The van der Waals surface area contributed by atoms with Crippen molar-refractivity contribution < 1.29 is 26.5 Å². The van der Waals surface area contributed by atoms with Gasteiger partial charge in [-0.2, -0.15) is 8.42 Å². The van der Waals surface area contributed by atoms with Gasteiger partial charge in [0.1, 0.15) is 17.5 Å². The summed E-state index contributed by atoms with van der Waals surface area (Å²) in [5.41, 5.74) is -0.545. The zero-order valence-electron chi connectivity index (χ0n) is 14.5. The molecule has 1 heterocycles. The normalized spacial score (nSPS) is 13.9. The molecule has 6 nitrogen and oxygen atoms in total. The molecular weight excluding hydrogens is 373 g/mol. The Kier molecular flexibility index (Phi) is 5.18. The van der Waals surface area contributed by atoms with Gasteiger partial charge in [0.25, 0.3) is 10.1 Å². The SMILES string of the molecule is CC(OS(C)(=O)=O)c1cn(C(=O)OC(C)(C)C)c2c(F)cc(Cl)cc12. The number of fused-ring (bicyclic) bond motifs is 1. The standard InChI is InChI=1S/C16H19ClFNO5S/c1-9(24-25(5,21)22)12-8-19(15(20)23-16(2,3)4)14-11(12)6-10(17)7-13(14)18/h6-9H,1-5H3. The molecule has 0 spiro atoms. The zero-order chi connectivity index (χ0) is 19.2. The Morgan fingerprint density at radius 1 is 1.32 bits per heavy atom. The van der Waals surface area contributed by atoms with Crippen LogP contribution in [0, 0.1) is 5.82 Å². The second kappa shape index (κ2) is 6.59. The summed E-state index contributed by atoms with van der Waals surface area (Å²) in [7, 11) is -3.75. The third kappa shape index (κ3) is 4.71. The summed E-state index contributed by atoms with van der Waals surface area (Å²) in [4.78, 5) is 12.4. The average molecular weight is 392 g/mol. The number of halogens is 2. The number of benzene rings is 1. The fourth-order valence-corrected chi connectivity index (χ4v) is 3.23. The summed E-state index contributed by atoms with van der Waals surface area (Å²) >= 11 is 5.90. The molecule has 138 valence electrons. The molecule has 0 fully saturated rings. The molecule has 1 atom stereocenters. The molecule has 0 aliphatic carbocycles. The summed E-state index contributed by atoms with van der Waals surface area (Å²) < 4.78 is 48.4. The van der Waals surface area contributed by atoms with E-state index in [0.717, 1.165) is 16.9 Å². The third-order valence-corrected chi connectivity index (χ3v) is 4.05. The first-order chi connectivity index (χ1) is 11.3. The molecule has 0 aliphatic rings. The van der Waals surface area contributed by atoms with Crippen molar-refractivity contribution in [3.05, 3.63) is 34.7 Å². The van der Waals surface area contributed by atoms with Gasteiger partial charge in [-0.3, -0.25) is 4.18 Å². The first-order valence-corrected chi connectivity index (χ1v) is 9.59. The van der Waals surface area contributed by atoms with Crippen LogP contribution in [0.5, 0.6) is 0 Å². The Hall–Kier alpha value is -1.64. The molecule has 2 rings (SSSR count). The van der Waals surface area contributed by atoms with Gasteiger partial charge in [0.05, 0.1) is 11.8 Å². The fourth-order valence-electron chi connectivity index (χ4n) is 2.40. The van der Waals surface area contributed by atoms with Crippen molar-refractivity contribution in [1.29, 1.82) is 0 Å². The molecular formula is C16H19ClFNO5S. The number of carbonyl (C=O) groups excluding carboxylic acids is 1. The van der Waals surface area contributed by atoms with Crippen LogP contribution in [-0.2, 0) is 19.0 Å². The van der Waals surface area contributed by atoms with Gasteiger partial charge in [-0.1, -0.05) is 11.6 Å². The largest absolute Gasteiger partial charge is 0.443 e. The van der Waals surface area contributed by atoms with Crippen LogP contribution >= 0.6 is 11.6 Å². The monoisotopic (exact) mass is 391 g/mol. The minimum absolute atomic E-state index is 0.0578. The summed E-state index contributed by atoms with van der Waals surface area (Å²) in [5, 5.41) is 0.381. The second-order valence-electron chi connectivity index (χ2n) is 6.66. The minimum atomic E-state index is -3.75. The van der Waals surface area contributed by atoms with E-state index < -0.39 is 33.7 Å². The summed E-state index contributed by atoms with van der Waals surface area (Å²) in [5.74, 6) is -0.730. The first kappa shape index (κ1) is 19.7. The van der Waals surface area contributed by atoms with E-state index in [9.17, 15) is 17.6 Å². The van der Waals surface area contributed by atoms with Crippen LogP contribution < -0.4 is 0 Å². The zero-order valence-corrected chi connectivity index (χ0v) is 16.0. The summed E-state index contributed by atoms with van der Waals surface area (Å²) in [6, 6.07) is 2.51. The van der Waals surface area contributed by atoms with Gasteiger partial charge < -0.3 is 4.74 Å². The lowest BCUT2D eigenvalue weighted by molar-refractivity contribution is 0.0543. The minimum Gasteiger partial charge on any atom is -0.443 e. The van der Waals surface area contributed by atoms with E-state index in [-0.39, 0.29) is 15.9 Å². The molecule has 0 amide bonds. The van der Waals surface area contributed by atoms with Gasteiger partial charge >= 0.3 is 6.09 Å². The predicted octanol–water partition coefficient (Wildman–Crippen LogP) is 4.25. The molecule has 0 bridgehead atoms. The smallest absolute Gasteiger partial charge is 0.419 e. The van der Waals surface area contributed by atoms with Gasteiger partial charge in [0.15, 0.2) is 0 Å². The third-order valence-electron chi connectivity index (χ3n) is 3.20. The number of ether oxygens (including phenoxy) is 1. The van der Waals surface area contributed by atoms with E-state index in [0.29, 0.717) is 5.56 Å². The van der Waals surface area contributed by atoms with Crippen LogP contribution in [0.2, 0.25) is 5.02 Å². The molecule has 0 radical (unpaired) electrons. The summed E-state index contributed by atoms with van der Waals surface area (Å²) in [6.45, 7) is 6.52. The second-order valence-corrected chi connectivity index (χ2v) is 8.70. The van der Waals surface area contributed by atoms with E-state index in [1.165, 1.54) is 19.2 Å². The Bertz CT molecular complexity index is 930. The molecule has 0 N–H and O–H groups in total. The van der Waals surface area contributed by atoms with Crippen molar-refractivity contribution in [3.8, 4) is 0 Å². The highest BCUT2D eigenvalue weighted by atomic mass is 35.5. The van der Waals surface area contributed by atoms with Crippen LogP contribution in [0.4, 0.5) is 9.18 Å². The predicted molar refractivity (Wildman–Crippen MR) is 92.9 cm³/mol. The number of nitrogens with zero attached hydrogens (tertiary/aromatic N) is 1. The van der Waals surface area contributed by atoms with Gasteiger partial charge in [0.2, 0.25) is 0 Å². The average Bonchev–Trinajstić information content (AvgIpc) is 2.74. The number of hydrogen-bond acceptors (Lipinski definition) is 5. The molecule has 0 saturated heterocycles. The van der Waals surface area contributed by atoms with Crippen LogP contribution in [0.15, 0.2) is 18.3 Å². The van der Waals surface area contributed by atoms with Crippen LogP contribution in [-0.4, -0.2) is 30.9 Å². The van der Waals surface area contributed by atoms with Gasteiger partial charge in [0, 0.05) is 22.2 Å². The first-order valence-electron chi connectivity index (χ1n) is 7.40. The Balaban J connectivity index is 2.66. The van der Waals surface area contributed by atoms with Gasteiger partial charge in [-0.15, -0.1) is 0 Å². The maximum Gasteiger partial charge on any atom is 0.419 e. The molecule has 0 aliphatic heterocycles. The molecule has 2 aromatic rings. The highest BCUT2D eigenvalue weighted by Crippen LogP contribution is 2.33. The molecule has 9 heteroatoms. The molecule has 25 heavy (non-hydrogen) atoms. The molecule has 0 saturated carbocycles. The lowest BCUT2D eigenvalue weighted by Crippen LogP contribution is -2.27. The van der Waals surface area contributed by atoms with Crippen molar-refractivity contribution >= 4 is 38.7 Å². The van der Waals surface area contributed by atoms with Crippen LogP contribution in [0.1, 0.15) is 39.4 Å². The Morgan fingerprint density at radius 2 is 1.92 bits per heavy atom. The number of rotatable bonds is 3. The van der Waals surface area contributed by atoms with E-state index in [2.05, 4.69) is 0 Å². The van der Waals surface area contributed by atoms with E-state index in [1.54, 1.807) is 20.8 Å². The van der Waals surface area contributed by atoms with Crippen molar-refractivity contribution in [1.82, 2.24) is 4.57 Å². The highest BCUT2D eigenvalue weighted by molar-refractivity contribution is 7.86. The summed E-state index contributed by atoms with van der Waals surface area (Å²) in [6.07, 6.45) is 0.466. The van der Waals surface area contributed by atoms with Crippen molar-refractivity contribution in [2.75, 3.05) is 6.26 Å². The Labute approximate surface area is 150 Å². The van der Waals surface area contributed by atoms with Crippen molar-refractivity contribution in [3.63, 3.8) is 0 Å². The lowest BCUT2D eigenvalue weighted by Gasteiger charge is -2.19. The van der Waals surface area contributed by atoms with E-state index in [1.807, 2.05) is 0 Å². The maximum atomic E-state index is 14.4. The topological polar surface area (TPSA) is 74.6 Å². The number of aromatic nitrogens is 1. The lowest BCUT2D eigenvalue weighted by atomic mass is 10.1.